The van der Waals surface area contributed by atoms with Crippen LogP contribution in [-0.2, 0) is 6.42 Å². The third-order valence-corrected chi connectivity index (χ3v) is 4.18. The van der Waals surface area contributed by atoms with Gasteiger partial charge in [0.25, 0.3) is 5.91 Å². The number of nitrogens with one attached hydrogen (secondary N) is 2. The number of nitriles is 1. The van der Waals surface area contributed by atoms with E-state index in [1.165, 1.54) is 0 Å². The van der Waals surface area contributed by atoms with E-state index in [-0.39, 0.29) is 11.6 Å². The van der Waals surface area contributed by atoms with Crippen LogP contribution in [0.5, 0.6) is 0 Å². The quantitative estimate of drug-likeness (QED) is 0.662. The average molecular weight is 392 g/mol. The van der Waals surface area contributed by atoms with E-state index in [1.807, 2.05) is 24.3 Å². The van der Waals surface area contributed by atoms with Gasteiger partial charge in [-0.1, -0.05) is 23.7 Å². The van der Waals surface area contributed by atoms with Gasteiger partial charge >= 0.3 is 0 Å². The average Bonchev–Trinajstić information content (AvgIpc) is 2.68. The van der Waals surface area contributed by atoms with Crippen molar-refractivity contribution in [2.75, 3.05) is 11.9 Å². The first-order valence-electron chi connectivity index (χ1n) is 8.69. The van der Waals surface area contributed by atoms with Gasteiger partial charge in [0, 0.05) is 23.3 Å². The minimum Gasteiger partial charge on any atom is -0.350 e. The van der Waals surface area contributed by atoms with Crippen LogP contribution in [0, 0.1) is 18.3 Å². The molecule has 0 aliphatic heterocycles. The first kappa shape index (κ1) is 19.3. The minimum atomic E-state index is -0.268. The van der Waals surface area contributed by atoms with Crippen LogP contribution in [0.1, 0.15) is 27.4 Å². The van der Waals surface area contributed by atoms with Gasteiger partial charge in [-0.25, -0.2) is 9.97 Å². The molecule has 0 atom stereocenters. The molecule has 0 fully saturated rings. The Bertz CT molecular complexity index is 1030. The first-order chi connectivity index (χ1) is 13.5. The zero-order valence-electron chi connectivity index (χ0n) is 15.2. The highest BCUT2D eigenvalue weighted by atomic mass is 35.5. The lowest BCUT2D eigenvalue weighted by molar-refractivity contribution is 0.0949. The maximum absolute atomic E-state index is 12.5. The summed E-state index contributed by atoms with van der Waals surface area (Å²) < 4.78 is 0. The van der Waals surface area contributed by atoms with Crippen molar-refractivity contribution in [3.05, 3.63) is 82.3 Å². The summed E-state index contributed by atoms with van der Waals surface area (Å²) in [5.74, 6) is 0.728. The fourth-order valence-corrected chi connectivity index (χ4v) is 2.84. The van der Waals surface area contributed by atoms with E-state index in [2.05, 4.69) is 26.7 Å². The number of anilines is 2. The summed E-state index contributed by atoms with van der Waals surface area (Å²) in [6.45, 7) is 2.20. The van der Waals surface area contributed by atoms with Crippen LogP contribution in [0.25, 0.3) is 0 Å². The molecule has 0 saturated carbocycles. The summed E-state index contributed by atoms with van der Waals surface area (Å²) in [5, 5.41) is 15.5. The Hall–Kier alpha value is -3.43. The van der Waals surface area contributed by atoms with Crippen LogP contribution in [0.15, 0.2) is 54.6 Å². The second-order valence-electron chi connectivity index (χ2n) is 6.14. The largest absolute Gasteiger partial charge is 0.350 e. The van der Waals surface area contributed by atoms with Gasteiger partial charge in [0.05, 0.1) is 11.6 Å². The highest BCUT2D eigenvalue weighted by Crippen LogP contribution is 2.16. The van der Waals surface area contributed by atoms with E-state index in [0.717, 1.165) is 11.3 Å². The van der Waals surface area contributed by atoms with Crippen molar-refractivity contribution < 1.29 is 4.79 Å². The maximum Gasteiger partial charge on any atom is 0.270 e. The number of nitrogens with zero attached hydrogens (tertiary/aromatic N) is 3. The van der Waals surface area contributed by atoms with Crippen molar-refractivity contribution >= 4 is 29.0 Å². The molecule has 7 heteroatoms. The number of hydrogen-bond donors (Lipinski definition) is 2. The molecular weight excluding hydrogens is 374 g/mol. The molecular formula is C21H18ClN5O. The molecule has 6 nitrogen and oxygen atoms in total. The molecule has 1 aromatic heterocycles. The Labute approximate surface area is 168 Å². The summed E-state index contributed by atoms with van der Waals surface area (Å²) in [6.07, 6.45) is 0.673. The first-order valence-corrected chi connectivity index (χ1v) is 9.07. The van der Waals surface area contributed by atoms with Crippen molar-refractivity contribution in [1.82, 2.24) is 15.3 Å². The SMILES string of the molecule is Cc1nc(Nc2ccc(C#N)cc2)cc(C(=O)NCCc2cccc(Cl)c2)n1. The Morgan fingerprint density at radius 2 is 1.93 bits per heavy atom. The van der Waals surface area contributed by atoms with E-state index in [0.29, 0.717) is 35.2 Å². The normalized spacial score (nSPS) is 10.2. The molecule has 1 amide bonds. The lowest BCUT2D eigenvalue weighted by Crippen LogP contribution is -2.27. The van der Waals surface area contributed by atoms with E-state index in [1.54, 1.807) is 37.3 Å². The number of halogens is 1. The van der Waals surface area contributed by atoms with E-state index < -0.39 is 0 Å². The molecule has 140 valence electrons. The van der Waals surface area contributed by atoms with Crippen molar-refractivity contribution in [2.24, 2.45) is 0 Å². The number of rotatable bonds is 6. The summed E-state index contributed by atoms with van der Waals surface area (Å²) in [6, 6.07) is 18.2. The zero-order chi connectivity index (χ0) is 19.9. The molecule has 0 saturated heterocycles. The fraction of sp³-hybridized carbons (Fsp3) is 0.143. The van der Waals surface area contributed by atoms with Crippen LogP contribution >= 0.6 is 11.6 Å². The second-order valence-corrected chi connectivity index (χ2v) is 6.57. The molecule has 2 aromatic carbocycles. The van der Waals surface area contributed by atoms with Crippen LogP contribution in [0.4, 0.5) is 11.5 Å². The van der Waals surface area contributed by atoms with Gasteiger partial charge in [-0.05, 0) is 55.3 Å². The molecule has 0 aliphatic carbocycles. The highest BCUT2D eigenvalue weighted by Gasteiger charge is 2.10. The van der Waals surface area contributed by atoms with Crippen LogP contribution < -0.4 is 10.6 Å². The molecule has 0 aliphatic rings. The Morgan fingerprint density at radius 1 is 1.14 bits per heavy atom. The van der Waals surface area contributed by atoms with E-state index in [4.69, 9.17) is 16.9 Å². The molecule has 2 N–H and O–H groups in total. The Morgan fingerprint density at radius 3 is 2.64 bits per heavy atom. The zero-order valence-corrected chi connectivity index (χ0v) is 16.0. The Balaban J connectivity index is 1.64. The number of hydrogen-bond acceptors (Lipinski definition) is 5. The predicted octanol–water partition coefficient (Wildman–Crippen LogP) is 4.03. The van der Waals surface area contributed by atoms with Gasteiger partial charge in [-0.15, -0.1) is 0 Å². The lowest BCUT2D eigenvalue weighted by Gasteiger charge is -2.09. The standard InChI is InChI=1S/C21H18ClN5O/c1-14-25-19(21(28)24-10-9-15-3-2-4-17(22)11-15)12-20(26-14)27-18-7-5-16(13-23)6-8-18/h2-8,11-12H,9-10H2,1H3,(H,24,28)(H,25,26,27). The smallest absolute Gasteiger partial charge is 0.270 e. The monoisotopic (exact) mass is 391 g/mol. The fourth-order valence-electron chi connectivity index (χ4n) is 2.63. The second kappa shape index (κ2) is 8.98. The number of amides is 1. The molecule has 28 heavy (non-hydrogen) atoms. The van der Waals surface area contributed by atoms with Crippen LogP contribution in [0.3, 0.4) is 0 Å². The Kier molecular flexibility index (Phi) is 6.20. The third-order valence-electron chi connectivity index (χ3n) is 3.95. The molecule has 0 radical (unpaired) electrons. The molecule has 0 spiro atoms. The predicted molar refractivity (Wildman–Crippen MR) is 109 cm³/mol. The molecule has 3 aromatic rings. The summed E-state index contributed by atoms with van der Waals surface area (Å²) in [4.78, 5) is 21.0. The number of benzene rings is 2. The van der Waals surface area contributed by atoms with Gasteiger partial charge in [-0.3, -0.25) is 4.79 Å². The summed E-state index contributed by atoms with van der Waals surface area (Å²) in [5.41, 5.74) is 2.68. The maximum atomic E-state index is 12.5. The van der Waals surface area contributed by atoms with Gasteiger partial charge in [0.1, 0.15) is 17.3 Å². The van der Waals surface area contributed by atoms with Gasteiger partial charge < -0.3 is 10.6 Å². The van der Waals surface area contributed by atoms with Crippen molar-refractivity contribution in [1.29, 1.82) is 5.26 Å². The topological polar surface area (TPSA) is 90.7 Å². The van der Waals surface area contributed by atoms with Crippen molar-refractivity contribution in [2.45, 2.75) is 13.3 Å². The van der Waals surface area contributed by atoms with Gasteiger partial charge in [0.15, 0.2) is 0 Å². The number of aromatic nitrogens is 2. The molecule has 0 bridgehead atoms. The lowest BCUT2D eigenvalue weighted by atomic mass is 10.1. The van der Waals surface area contributed by atoms with Crippen molar-refractivity contribution in [3.63, 3.8) is 0 Å². The molecule has 3 rings (SSSR count). The highest BCUT2D eigenvalue weighted by molar-refractivity contribution is 6.30. The van der Waals surface area contributed by atoms with Crippen LogP contribution in [0.2, 0.25) is 5.02 Å². The molecule has 1 heterocycles. The van der Waals surface area contributed by atoms with E-state index >= 15 is 0 Å². The summed E-state index contributed by atoms with van der Waals surface area (Å²) in [7, 11) is 0. The van der Waals surface area contributed by atoms with Gasteiger partial charge in [0.2, 0.25) is 0 Å². The molecule has 0 unspecified atom stereocenters. The van der Waals surface area contributed by atoms with Crippen molar-refractivity contribution in [3.8, 4) is 6.07 Å². The third kappa shape index (κ3) is 5.29. The number of carbonyl (C=O) groups excluding carboxylic acids is 1. The number of aryl methyl sites for hydroxylation is 1. The van der Waals surface area contributed by atoms with Crippen LogP contribution in [-0.4, -0.2) is 22.4 Å². The van der Waals surface area contributed by atoms with E-state index in [9.17, 15) is 4.79 Å². The van der Waals surface area contributed by atoms with Gasteiger partial charge in [-0.2, -0.15) is 5.26 Å². The minimum absolute atomic E-state index is 0.268. The summed E-state index contributed by atoms with van der Waals surface area (Å²) >= 11 is 5.97. The number of carbonyl (C=O) groups is 1.